The molecule has 3 heterocycles. The summed E-state index contributed by atoms with van der Waals surface area (Å²) in [6.07, 6.45) is 3.80. The molecular formula is C23H26N4O2. The van der Waals surface area contributed by atoms with Crippen LogP contribution in [0.15, 0.2) is 54.7 Å². The van der Waals surface area contributed by atoms with Crippen molar-refractivity contribution in [3.05, 3.63) is 71.8 Å². The molecule has 0 bridgehead atoms. The molecule has 2 amide bonds. The maximum Gasteiger partial charge on any atom is 0.290 e. The summed E-state index contributed by atoms with van der Waals surface area (Å²) in [6, 6.07) is 15.4. The summed E-state index contributed by atoms with van der Waals surface area (Å²) in [5, 5.41) is 0. The highest BCUT2D eigenvalue weighted by Gasteiger charge is 2.28. The number of hydrogen-bond acceptors (Lipinski definition) is 3. The summed E-state index contributed by atoms with van der Waals surface area (Å²) in [6.45, 7) is 4.17. The normalized spacial score (nSPS) is 14.9. The zero-order valence-corrected chi connectivity index (χ0v) is 16.9. The van der Waals surface area contributed by atoms with Gasteiger partial charge in [-0.05, 0) is 36.5 Å². The molecule has 0 N–H and O–H groups in total. The second kappa shape index (κ2) is 8.07. The van der Waals surface area contributed by atoms with Crippen molar-refractivity contribution in [3.63, 3.8) is 0 Å². The smallest absolute Gasteiger partial charge is 0.290 e. The largest absolute Gasteiger partial charge is 0.336 e. The van der Waals surface area contributed by atoms with Crippen LogP contribution in [-0.2, 0) is 6.54 Å². The SMILES string of the molecule is CC1CCN(C(=O)c2nc(C(=O)N(C)Cc3ccccc3)c3ccccn23)CC1. The molecule has 0 atom stereocenters. The fourth-order valence-electron chi connectivity index (χ4n) is 3.81. The highest BCUT2D eigenvalue weighted by Crippen LogP contribution is 2.21. The number of fused-ring (bicyclic) bond motifs is 1. The first kappa shape index (κ1) is 19.2. The van der Waals surface area contributed by atoms with Crippen LogP contribution in [0.3, 0.4) is 0 Å². The molecule has 6 heteroatoms. The van der Waals surface area contributed by atoms with Gasteiger partial charge in [-0.2, -0.15) is 0 Å². The van der Waals surface area contributed by atoms with Crippen LogP contribution in [0.4, 0.5) is 0 Å². The Morgan fingerprint density at radius 3 is 2.48 bits per heavy atom. The van der Waals surface area contributed by atoms with Gasteiger partial charge in [-0.3, -0.25) is 14.0 Å². The topological polar surface area (TPSA) is 57.9 Å². The van der Waals surface area contributed by atoms with E-state index in [-0.39, 0.29) is 11.8 Å². The fourth-order valence-corrected chi connectivity index (χ4v) is 3.81. The van der Waals surface area contributed by atoms with Crippen LogP contribution in [0.2, 0.25) is 0 Å². The first-order chi connectivity index (χ1) is 14.0. The fraction of sp³-hybridized carbons (Fsp3) is 0.348. The van der Waals surface area contributed by atoms with Crippen LogP contribution >= 0.6 is 0 Å². The third kappa shape index (κ3) is 3.88. The molecule has 150 valence electrons. The number of carbonyl (C=O) groups excluding carboxylic acids is 2. The Balaban J connectivity index is 1.63. The highest BCUT2D eigenvalue weighted by molar-refractivity contribution is 6.02. The van der Waals surface area contributed by atoms with Gasteiger partial charge >= 0.3 is 0 Å². The van der Waals surface area contributed by atoms with Gasteiger partial charge in [0.05, 0.1) is 5.52 Å². The minimum absolute atomic E-state index is 0.108. The molecule has 1 aromatic carbocycles. The lowest BCUT2D eigenvalue weighted by Gasteiger charge is -2.29. The van der Waals surface area contributed by atoms with Crippen molar-refractivity contribution in [3.8, 4) is 0 Å². The molecule has 1 aliphatic rings. The van der Waals surface area contributed by atoms with E-state index < -0.39 is 0 Å². The quantitative estimate of drug-likeness (QED) is 0.685. The van der Waals surface area contributed by atoms with Gasteiger partial charge < -0.3 is 9.80 Å². The number of pyridine rings is 1. The number of hydrogen-bond donors (Lipinski definition) is 0. The third-order valence-corrected chi connectivity index (χ3v) is 5.62. The molecule has 29 heavy (non-hydrogen) atoms. The van der Waals surface area contributed by atoms with E-state index in [0.29, 0.717) is 29.5 Å². The van der Waals surface area contributed by atoms with Gasteiger partial charge in [-0.15, -0.1) is 0 Å². The zero-order chi connectivity index (χ0) is 20.4. The number of imidazole rings is 1. The average molecular weight is 390 g/mol. The Labute approximate surface area is 170 Å². The molecule has 4 rings (SSSR count). The van der Waals surface area contributed by atoms with E-state index in [1.165, 1.54) is 0 Å². The monoisotopic (exact) mass is 390 g/mol. The lowest BCUT2D eigenvalue weighted by molar-refractivity contribution is 0.0684. The van der Waals surface area contributed by atoms with Gasteiger partial charge in [0.2, 0.25) is 5.82 Å². The minimum Gasteiger partial charge on any atom is -0.336 e. The van der Waals surface area contributed by atoms with Crippen LogP contribution < -0.4 is 0 Å². The zero-order valence-electron chi connectivity index (χ0n) is 16.9. The summed E-state index contributed by atoms with van der Waals surface area (Å²) in [7, 11) is 1.76. The van der Waals surface area contributed by atoms with E-state index in [1.807, 2.05) is 53.4 Å². The Hall–Kier alpha value is -3.15. The first-order valence-corrected chi connectivity index (χ1v) is 10.1. The Morgan fingerprint density at radius 2 is 1.76 bits per heavy atom. The summed E-state index contributed by atoms with van der Waals surface area (Å²) in [5.41, 5.74) is 2.02. The van der Waals surface area contributed by atoms with Crippen molar-refractivity contribution in [1.82, 2.24) is 19.2 Å². The third-order valence-electron chi connectivity index (χ3n) is 5.62. The van der Waals surface area contributed by atoms with Gasteiger partial charge in [-0.25, -0.2) is 4.98 Å². The van der Waals surface area contributed by atoms with Crippen LogP contribution in [0.1, 0.15) is 46.4 Å². The van der Waals surface area contributed by atoms with Crippen LogP contribution in [0.25, 0.3) is 5.52 Å². The predicted octanol–water partition coefficient (Wildman–Crippen LogP) is 3.48. The summed E-state index contributed by atoms with van der Waals surface area (Å²) in [5.74, 6) is 0.651. The van der Waals surface area contributed by atoms with Crippen molar-refractivity contribution in [2.24, 2.45) is 5.92 Å². The number of likely N-dealkylation sites (tertiary alicyclic amines) is 1. The Bertz CT molecular complexity index is 1020. The Kier molecular flexibility index (Phi) is 5.34. The molecule has 0 unspecified atom stereocenters. The summed E-state index contributed by atoms with van der Waals surface area (Å²) >= 11 is 0. The second-order valence-electron chi connectivity index (χ2n) is 7.86. The van der Waals surface area contributed by atoms with E-state index in [0.717, 1.165) is 31.5 Å². The number of carbonyl (C=O) groups is 2. The molecule has 1 aliphatic heterocycles. The van der Waals surface area contributed by atoms with Gasteiger partial charge in [-0.1, -0.05) is 43.3 Å². The number of nitrogens with zero attached hydrogens (tertiary/aromatic N) is 4. The lowest BCUT2D eigenvalue weighted by Crippen LogP contribution is -2.38. The molecule has 2 aromatic heterocycles. The van der Waals surface area contributed by atoms with Crippen LogP contribution in [0.5, 0.6) is 0 Å². The standard InChI is InChI=1S/C23H26N4O2/c1-17-11-14-26(15-12-17)23(29)21-24-20(19-10-6-7-13-27(19)21)22(28)25(2)16-18-8-4-3-5-9-18/h3-10,13,17H,11-12,14-16H2,1-2H3. The second-order valence-corrected chi connectivity index (χ2v) is 7.86. The van der Waals surface area contributed by atoms with Crippen LogP contribution in [-0.4, -0.2) is 51.1 Å². The highest BCUT2D eigenvalue weighted by atomic mass is 16.2. The molecule has 1 fully saturated rings. The predicted molar refractivity (Wildman–Crippen MR) is 112 cm³/mol. The van der Waals surface area contributed by atoms with Crippen molar-refractivity contribution < 1.29 is 9.59 Å². The number of aromatic nitrogens is 2. The maximum atomic E-state index is 13.1. The van der Waals surface area contributed by atoms with Crippen molar-refractivity contribution in [2.75, 3.05) is 20.1 Å². The lowest BCUT2D eigenvalue weighted by atomic mass is 9.99. The van der Waals surface area contributed by atoms with E-state index in [2.05, 4.69) is 11.9 Å². The molecule has 0 radical (unpaired) electrons. The number of amides is 2. The first-order valence-electron chi connectivity index (χ1n) is 10.1. The molecular weight excluding hydrogens is 364 g/mol. The van der Waals surface area contributed by atoms with Gasteiger partial charge in [0, 0.05) is 32.9 Å². The summed E-state index contributed by atoms with van der Waals surface area (Å²) < 4.78 is 1.74. The molecule has 1 saturated heterocycles. The minimum atomic E-state index is -0.191. The van der Waals surface area contributed by atoms with E-state index in [1.54, 1.807) is 22.5 Å². The maximum absolute atomic E-state index is 13.1. The van der Waals surface area contributed by atoms with Crippen LogP contribution in [0, 0.1) is 5.92 Å². The number of benzene rings is 1. The molecule has 0 aliphatic carbocycles. The van der Waals surface area contributed by atoms with Gasteiger partial charge in [0.25, 0.3) is 11.8 Å². The van der Waals surface area contributed by atoms with Crippen molar-refractivity contribution in [1.29, 1.82) is 0 Å². The molecule has 3 aromatic rings. The van der Waals surface area contributed by atoms with Gasteiger partial charge in [0.1, 0.15) is 0 Å². The van der Waals surface area contributed by atoms with E-state index in [4.69, 9.17) is 0 Å². The van der Waals surface area contributed by atoms with E-state index >= 15 is 0 Å². The van der Waals surface area contributed by atoms with Crippen molar-refractivity contribution >= 4 is 17.3 Å². The van der Waals surface area contributed by atoms with Gasteiger partial charge in [0.15, 0.2) is 5.69 Å². The average Bonchev–Trinajstić information content (AvgIpc) is 3.13. The number of rotatable bonds is 4. The molecule has 6 nitrogen and oxygen atoms in total. The molecule has 0 saturated carbocycles. The van der Waals surface area contributed by atoms with E-state index in [9.17, 15) is 9.59 Å². The van der Waals surface area contributed by atoms with Crippen molar-refractivity contribution in [2.45, 2.75) is 26.3 Å². The number of piperidine rings is 1. The Morgan fingerprint density at radius 1 is 1.07 bits per heavy atom. The summed E-state index contributed by atoms with van der Waals surface area (Å²) in [4.78, 5) is 34.3. The molecule has 0 spiro atoms.